The Morgan fingerprint density at radius 3 is 2.76 bits per heavy atom. The van der Waals surface area contributed by atoms with E-state index in [0.717, 1.165) is 13.0 Å². The van der Waals surface area contributed by atoms with Gasteiger partial charge in [0.25, 0.3) is 0 Å². The number of hydrogen-bond donors (Lipinski definition) is 2. The van der Waals surface area contributed by atoms with Crippen molar-refractivity contribution in [3.05, 3.63) is 45.7 Å². The number of rotatable bonds is 5. The maximum atomic E-state index is 6.05. The van der Waals surface area contributed by atoms with Gasteiger partial charge in [0.2, 0.25) is 0 Å². The van der Waals surface area contributed by atoms with Gasteiger partial charge in [0.05, 0.1) is 21.9 Å². The van der Waals surface area contributed by atoms with Crippen LogP contribution in [0.2, 0.25) is 15.1 Å². The Morgan fingerprint density at radius 1 is 1.24 bits per heavy atom. The van der Waals surface area contributed by atoms with E-state index in [1.165, 1.54) is 0 Å². The van der Waals surface area contributed by atoms with Crippen molar-refractivity contribution >= 4 is 57.8 Å². The minimum Gasteiger partial charge on any atom is -0.362 e. The number of benzene rings is 1. The third-order valence-corrected chi connectivity index (χ3v) is 3.63. The van der Waals surface area contributed by atoms with Crippen molar-refractivity contribution in [3.8, 4) is 0 Å². The number of aryl methyl sites for hydroxylation is 1. The second kappa shape index (κ2) is 7.84. The Balaban J connectivity index is 1.73. The van der Waals surface area contributed by atoms with Crippen LogP contribution in [-0.2, 0) is 6.54 Å². The predicted octanol–water partition coefficient (Wildman–Crippen LogP) is 4.22. The number of anilines is 1. The van der Waals surface area contributed by atoms with E-state index < -0.39 is 0 Å². The largest absolute Gasteiger partial charge is 0.362 e. The number of halogens is 3. The first-order chi connectivity index (χ1) is 10.0. The van der Waals surface area contributed by atoms with E-state index in [1.807, 2.05) is 0 Å². The molecule has 112 valence electrons. The summed E-state index contributed by atoms with van der Waals surface area (Å²) in [6.07, 6.45) is 4.26. The summed E-state index contributed by atoms with van der Waals surface area (Å²) in [6.45, 7) is 1.47. The van der Waals surface area contributed by atoms with Gasteiger partial charge in [-0.15, -0.1) is 0 Å². The summed E-state index contributed by atoms with van der Waals surface area (Å²) in [6, 6.07) is 5.17. The van der Waals surface area contributed by atoms with Crippen molar-refractivity contribution in [2.24, 2.45) is 0 Å². The van der Waals surface area contributed by atoms with Gasteiger partial charge < -0.3 is 10.6 Å². The standard InChI is InChI=1S/C13H13Cl3N4S/c14-9-2-3-11(16)12(6-9)19-13(21)17-4-1-5-20-8-10(15)7-18-20/h2-3,6-8H,1,4-5H2,(H2,17,19,21). The second-order valence-electron chi connectivity index (χ2n) is 4.28. The summed E-state index contributed by atoms with van der Waals surface area (Å²) in [4.78, 5) is 0. The fraction of sp³-hybridized carbons (Fsp3) is 0.231. The highest BCUT2D eigenvalue weighted by atomic mass is 35.5. The summed E-state index contributed by atoms with van der Waals surface area (Å²) in [5.41, 5.74) is 0.681. The molecule has 0 aliphatic heterocycles. The molecule has 0 aliphatic rings. The first kappa shape index (κ1) is 16.4. The molecule has 0 radical (unpaired) electrons. The first-order valence-electron chi connectivity index (χ1n) is 6.22. The maximum absolute atomic E-state index is 6.05. The van der Waals surface area contributed by atoms with Gasteiger partial charge in [-0.25, -0.2) is 0 Å². The monoisotopic (exact) mass is 362 g/mol. The van der Waals surface area contributed by atoms with Gasteiger partial charge in [-0.1, -0.05) is 34.8 Å². The van der Waals surface area contributed by atoms with E-state index in [2.05, 4.69) is 15.7 Å². The van der Waals surface area contributed by atoms with Crippen LogP contribution >= 0.6 is 47.0 Å². The summed E-state index contributed by atoms with van der Waals surface area (Å²) in [5.74, 6) is 0. The minimum absolute atomic E-state index is 0.498. The lowest BCUT2D eigenvalue weighted by Crippen LogP contribution is -2.29. The molecule has 0 saturated heterocycles. The fourth-order valence-corrected chi connectivity index (χ4v) is 2.37. The Kier molecular flexibility index (Phi) is 6.11. The molecule has 2 N–H and O–H groups in total. The van der Waals surface area contributed by atoms with E-state index in [0.29, 0.717) is 32.4 Å². The molecule has 0 saturated carbocycles. The molecule has 0 fully saturated rings. The van der Waals surface area contributed by atoms with Crippen LogP contribution in [0.25, 0.3) is 0 Å². The van der Waals surface area contributed by atoms with Crippen molar-refractivity contribution < 1.29 is 0 Å². The van der Waals surface area contributed by atoms with E-state index in [9.17, 15) is 0 Å². The van der Waals surface area contributed by atoms with Crippen LogP contribution in [0.5, 0.6) is 0 Å². The second-order valence-corrected chi connectivity index (χ2v) is 5.97. The minimum atomic E-state index is 0.498. The number of nitrogens with one attached hydrogen (secondary N) is 2. The fourth-order valence-electron chi connectivity index (χ4n) is 1.66. The number of thiocarbonyl (C=S) groups is 1. The lowest BCUT2D eigenvalue weighted by Gasteiger charge is -2.12. The molecule has 0 unspecified atom stereocenters. The zero-order valence-electron chi connectivity index (χ0n) is 10.9. The molecule has 2 rings (SSSR count). The van der Waals surface area contributed by atoms with Crippen LogP contribution in [0.4, 0.5) is 5.69 Å². The molecule has 8 heteroatoms. The van der Waals surface area contributed by atoms with Crippen LogP contribution in [0.1, 0.15) is 6.42 Å². The van der Waals surface area contributed by atoms with E-state index >= 15 is 0 Å². The molecular formula is C13H13Cl3N4S. The molecule has 0 spiro atoms. The van der Waals surface area contributed by atoms with Gasteiger partial charge in [-0.3, -0.25) is 4.68 Å². The van der Waals surface area contributed by atoms with Crippen LogP contribution in [0.15, 0.2) is 30.6 Å². The van der Waals surface area contributed by atoms with Crippen LogP contribution in [-0.4, -0.2) is 21.4 Å². The molecule has 1 aromatic heterocycles. The van der Waals surface area contributed by atoms with Crippen molar-refractivity contribution in [2.45, 2.75) is 13.0 Å². The molecule has 2 aromatic rings. The first-order valence-corrected chi connectivity index (χ1v) is 7.76. The van der Waals surface area contributed by atoms with Gasteiger partial charge >= 0.3 is 0 Å². The highest BCUT2D eigenvalue weighted by molar-refractivity contribution is 7.80. The summed E-state index contributed by atoms with van der Waals surface area (Å²) < 4.78 is 1.79. The summed E-state index contributed by atoms with van der Waals surface area (Å²) >= 11 is 23.0. The lowest BCUT2D eigenvalue weighted by atomic mass is 10.3. The smallest absolute Gasteiger partial charge is 0.170 e. The molecule has 0 amide bonds. The Morgan fingerprint density at radius 2 is 2.05 bits per heavy atom. The van der Waals surface area contributed by atoms with Gasteiger partial charge in [-0.2, -0.15) is 5.10 Å². The van der Waals surface area contributed by atoms with Crippen molar-refractivity contribution in [1.29, 1.82) is 0 Å². The van der Waals surface area contributed by atoms with Gasteiger partial charge in [-0.05, 0) is 36.8 Å². The summed E-state index contributed by atoms with van der Waals surface area (Å²) in [5, 5.41) is 12.5. The van der Waals surface area contributed by atoms with Crippen molar-refractivity contribution in [1.82, 2.24) is 15.1 Å². The molecule has 1 aromatic carbocycles. The Hall–Kier alpha value is -1.01. The number of aromatic nitrogens is 2. The zero-order valence-corrected chi connectivity index (χ0v) is 14.0. The van der Waals surface area contributed by atoms with E-state index in [-0.39, 0.29) is 0 Å². The van der Waals surface area contributed by atoms with Crippen LogP contribution in [0, 0.1) is 0 Å². The van der Waals surface area contributed by atoms with Crippen LogP contribution in [0.3, 0.4) is 0 Å². The van der Waals surface area contributed by atoms with E-state index in [4.69, 9.17) is 47.0 Å². The SMILES string of the molecule is S=C(NCCCn1cc(Cl)cn1)Nc1cc(Cl)ccc1Cl. The van der Waals surface area contributed by atoms with E-state index in [1.54, 1.807) is 35.3 Å². The molecule has 1 heterocycles. The van der Waals surface area contributed by atoms with Crippen LogP contribution < -0.4 is 10.6 Å². The van der Waals surface area contributed by atoms with Gasteiger partial charge in [0, 0.05) is 24.3 Å². The topological polar surface area (TPSA) is 41.9 Å². The molecule has 4 nitrogen and oxygen atoms in total. The maximum Gasteiger partial charge on any atom is 0.170 e. The average molecular weight is 364 g/mol. The highest BCUT2D eigenvalue weighted by Gasteiger charge is 2.03. The average Bonchev–Trinajstić information content (AvgIpc) is 2.85. The summed E-state index contributed by atoms with van der Waals surface area (Å²) in [7, 11) is 0. The number of hydrogen-bond acceptors (Lipinski definition) is 2. The molecule has 0 aliphatic carbocycles. The Bertz CT molecular complexity index is 630. The normalized spacial score (nSPS) is 10.4. The highest BCUT2D eigenvalue weighted by Crippen LogP contribution is 2.25. The third-order valence-electron chi connectivity index (χ3n) is 2.63. The quantitative estimate of drug-likeness (QED) is 0.616. The molecular weight excluding hydrogens is 351 g/mol. The molecule has 0 atom stereocenters. The predicted molar refractivity (Wildman–Crippen MR) is 92.5 cm³/mol. The lowest BCUT2D eigenvalue weighted by molar-refractivity contribution is 0.574. The number of nitrogens with zero attached hydrogens (tertiary/aromatic N) is 2. The van der Waals surface area contributed by atoms with Crippen molar-refractivity contribution in [2.75, 3.05) is 11.9 Å². The van der Waals surface area contributed by atoms with Gasteiger partial charge in [0.15, 0.2) is 5.11 Å². The molecule has 21 heavy (non-hydrogen) atoms. The van der Waals surface area contributed by atoms with Gasteiger partial charge in [0.1, 0.15) is 0 Å². The zero-order chi connectivity index (χ0) is 15.2. The third kappa shape index (κ3) is 5.36. The van der Waals surface area contributed by atoms with Crippen molar-refractivity contribution in [3.63, 3.8) is 0 Å². The molecule has 0 bridgehead atoms. The Labute approximate surface area is 143 Å².